The number of nitrogens with zero attached hydrogens (tertiary/aromatic N) is 2. The van der Waals surface area contributed by atoms with E-state index in [4.69, 9.17) is 4.74 Å². The smallest absolute Gasteiger partial charge is 0.322 e. The van der Waals surface area contributed by atoms with Crippen LogP contribution in [0.3, 0.4) is 0 Å². The SMILES string of the molecule is CO[C@@H]1C[C@H](C(=O)Nc2ccc3c(c2)CCN(C2CC2)C3)N(C(=O)Nc2ccc(Br)cc2)C1. The van der Waals surface area contributed by atoms with Gasteiger partial charge in [0, 0.05) is 55.1 Å². The molecule has 1 saturated heterocycles. The third-order valence-electron chi connectivity index (χ3n) is 6.83. The molecular formula is C25H29BrN4O3. The van der Waals surface area contributed by atoms with Crippen molar-refractivity contribution < 1.29 is 14.3 Å². The molecule has 0 radical (unpaired) electrons. The fourth-order valence-electron chi connectivity index (χ4n) is 4.80. The van der Waals surface area contributed by atoms with Crippen LogP contribution in [0.2, 0.25) is 0 Å². The third kappa shape index (κ3) is 5.08. The van der Waals surface area contributed by atoms with Crippen LogP contribution in [-0.4, -0.2) is 60.1 Å². The number of rotatable bonds is 5. The summed E-state index contributed by atoms with van der Waals surface area (Å²) in [6.07, 6.45) is 3.94. The maximum atomic E-state index is 13.2. The van der Waals surface area contributed by atoms with Crippen molar-refractivity contribution in [3.63, 3.8) is 0 Å². The average Bonchev–Trinajstić information content (AvgIpc) is 3.58. The highest BCUT2D eigenvalue weighted by Crippen LogP contribution is 2.32. The Hall–Kier alpha value is -2.42. The number of hydrogen-bond donors (Lipinski definition) is 2. The van der Waals surface area contributed by atoms with E-state index in [0.29, 0.717) is 18.7 Å². The van der Waals surface area contributed by atoms with Crippen molar-refractivity contribution >= 4 is 39.2 Å². The number of nitrogens with one attached hydrogen (secondary N) is 2. The van der Waals surface area contributed by atoms with Crippen molar-refractivity contribution in [2.45, 2.75) is 50.4 Å². The van der Waals surface area contributed by atoms with Crippen molar-refractivity contribution in [3.8, 4) is 0 Å². The lowest BCUT2D eigenvalue weighted by Crippen LogP contribution is -2.45. The zero-order valence-corrected chi connectivity index (χ0v) is 20.3. The highest BCUT2D eigenvalue weighted by Gasteiger charge is 2.40. The van der Waals surface area contributed by atoms with Crippen molar-refractivity contribution in [1.29, 1.82) is 0 Å². The molecule has 8 heteroatoms. The van der Waals surface area contributed by atoms with E-state index in [0.717, 1.165) is 35.7 Å². The van der Waals surface area contributed by atoms with Crippen molar-refractivity contribution in [2.75, 3.05) is 30.8 Å². The van der Waals surface area contributed by atoms with Crippen LogP contribution >= 0.6 is 15.9 Å². The number of benzene rings is 2. The van der Waals surface area contributed by atoms with Crippen LogP contribution in [0.1, 0.15) is 30.4 Å². The van der Waals surface area contributed by atoms with Crippen molar-refractivity contribution in [2.24, 2.45) is 0 Å². The molecule has 7 nitrogen and oxygen atoms in total. The van der Waals surface area contributed by atoms with Gasteiger partial charge in [-0.15, -0.1) is 0 Å². The van der Waals surface area contributed by atoms with Crippen molar-refractivity contribution in [3.05, 3.63) is 58.1 Å². The standard InChI is InChI=1S/C25H29BrN4O3/c1-33-22-13-23(30(15-22)25(32)28-19-6-3-18(26)4-7-19)24(31)27-20-5-2-17-14-29(21-8-9-21)11-10-16(17)12-20/h2-7,12,21-23H,8-11,13-15H2,1H3,(H,27,31)(H,28,32)/t22-,23-/m1/s1. The Morgan fingerprint density at radius 2 is 1.79 bits per heavy atom. The summed E-state index contributed by atoms with van der Waals surface area (Å²) < 4.78 is 6.42. The lowest BCUT2D eigenvalue weighted by molar-refractivity contribution is -0.119. The zero-order valence-electron chi connectivity index (χ0n) is 18.7. The molecule has 0 aromatic heterocycles. The Kier molecular flexibility index (Phi) is 6.40. The number of carbonyl (C=O) groups excluding carboxylic acids is 2. The van der Waals surface area contributed by atoms with Gasteiger partial charge in [-0.3, -0.25) is 9.69 Å². The number of methoxy groups -OCH3 is 1. The second kappa shape index (κ2) is 9.44. The molecule has 3 aliphatic rings. The quantitative estimate of drug-likeness (QED) is 0.628. The monoisotopic (exact) mass is 512 g/mol. The van der Waals surface area contributed by atoms with Gasteiger partial charge in [-0.2, -0.15) is 0 Å². The predicted molar refractivity (Wildman–Crippen MR) is 131 cm³/mol. The highest BCUT2D eigenvalue weighted by molar-refractivity contribution is 9.10. The number of fused-ring (bicyclic) bond motifs is 1. The molecule has 2 aromatic rings. The minimum Gasteiger partial charge on any atom is -0.380 e. The van der Waals surface area contributed by atoms with Gasteiger partial charge >= 0.3 is 6.03 Å². The van der Waals surface area contributed by atoms with E-state index in [2.05, 4.69) is 43.6 Å². The fourth-order valence-corrected chi connectivity index (χ4v) is 5.06. The summed E-state index contributed by atoms with van der Waals surface area (Å²) >= 11 is 3.40. The first-order valence-electron chi connectivity index (χ1n) is 11.5. The molecule has 1 saturated carbocycles. The zero-order chi connectivity index (χ0) is 22.9. The number of likely N-dealkylation sites (tertiary alicyclic amines) is 1. The van der Waals surface area contributed by atoms with Gasteiger partial charge < -0.3 is 20.3 Å². The fraction of sp³-hybridized carbons (Fsp3) is 0.440. The highest BCUT2D eigenvalue weighted by atomic mass is 79.9. The largest absolute Gasteiger partial charge is 0.380 e. The first-order chi connectivity index (χ1) is 16.0. The molecule has 0 unspecified atom stereocenters. The summed E-state index contributed by atoms with van der Waals surface area (Å²) in [6.45, 7) is 2.45. The van der Waals surface area contributed by atoms with Gasteiger partial charge in [0.1, 0.15) is 6.04 Å². The third-order valence-corrected chi connectivity index (χ3v) is 7.36. The summed E-state index contributed by atoms with van der Waals surface area (Å²) in [5, 5.41) is 5.93. The molecule has 0 spiro atoms. The Labute approximate surface area is 202 Å². The summed E-state index contributed by atoms with van der Waals surface area (Å²) in [7, 11) is 1.62. The van der Waals surface area contributed by atoms with Crippen LogP contribution in [0.5, 0.6) is 0 Å². The lowest BCUT2D eigenvalue weighted by Gasteiger charge is -2.29. The number of hydrogen-bond acceptors (Lipinski definition) is 4. The molecule has 33 heavy (non-hydrogen) atoms. The topological polar surface area (TPSA) is 73.9 Å². The number of halogens is 1. The van der Waals surface area contributed by atoms with Gasteiger partial charge in [0.15, 0.2) is 0 Å². The average molecular weight is 513 g/mol. The van der Waals surface area contributed by atoms with E-state index in [-0.39, 0.29) is 18.0 Å². The molecule has 5 rings (SSSR count). The summed E-state index contributed by atoms with van der Waals surface area (Å²) in [4.78, 5) is 30.3. The van der Waals surface area contributed by atoms with Gasteiger partial charge in [0.25, 0.3) is 0 Å². The Balaban J connectivity index is 1.26. The van der Waals surface area contributed by atoms with E-state index >= 15 is 0 Å². The van der Waals surface area contributed by atoms with Gasteiger partial charge in [-0.1, -0.05) is 22.0 Å². The molecule has 0 bridgehead atoms. The van der Waals surface area contributed by atoms with Crippen LogP contribution in [0.4, 0.5) is 16.2 Å². The molecule has 3 amide bonds. The van der Waals surface area contributed by atoms with E-state index in [9.17, 15) is 9.59 Å². The lowest BCUT2D eigenvalue weighted by atomic mass is 9.98. The molecule has 2 fully saturated rings. The van der Waals surface area contributed by atoms with Gasteiger partial charge in [-0.25, -0.2) is 4.79 Å². The minimum atomic E-state index is -0.591. The van der Waals surface area contributed by atoms with Gasteiger partial charge in [0.2, 0.25) is 5.91 Å². The van der Waals surface area contributed by atoms with Crippen LogP contribution in [0.25, 0.3) is 0 Å². The van der Waals surface area contributed by atoms with E-state index < -0.39 is 6.04 Å². The second-order valence-electron chi connectivity index (χ2n) is 9.12. The van der Waals surface area contributed by atoms with Crippen LogP contribution in [0, 0.1) is 0 Å². The first kappa shape index (κ1) is 22.4. The predicted octanol–water partition coefficient (Wildman–Crippen LogP) is 4.23. The van der Waals surface area contributed by atoms with E-state index in [1.165, 1.54) is 24.0 Å². The first-order valence-corrected chi connectivity index (χ1v) is 12.3. The number of ether oxygens (including phenoxy) is 1. The van der Waals surface area contributed by atoms with E-state index in [1.54, 1.807) is 12.0 Å². The molecule has 2 N–H and O–H groups in total. The van der Waals surface area contributed by atoms with Gasteiger partial charge in [0.05, 0.1) is 6.10 Å². The molecule has 2 aromatic carbocycles. The number of urea groups is 1. The molecule has 1 aliphatic carbocycles. The number of carbonyl (C=O) groups is 2. The molecule has 2 aliphatic heterocycles. The Morgan fingerprint density at radius 3 is 2.52 bits per heavy atom. The van der Waals surface area contributed by atoms with Crippen molar-refractivity contribution in [1.82, 2.24) is 9.80 Å². The molecule has 174 valence electrons. The maximum Gasteiger partial charge on any atom is 0.322 e. The summed E-state index contributed by atoms with van der Waals surface area (Å²) in [5.74, 6) is -0.184. The Morgan fingerprint density at radius 1 is 1.03 bits per heavy atom. The van der Waals surface area contributed by atoms with Gasteiger partial charge in [-0.05, 0) is 66.8 Å². The van der Waals surface area contributed by atoms with E-state index in [1.807, 2.05) is 30.3 Å². The normalized spacial score (nSPS) is 22.7. The Bertz CT molecular complexity index is 1040. The second-order valence-corrected chi connectivity index (χ2v) is 10.0. The summed E-state index contributed by atoms with van der Waals surface area (Å²) in [5.41, 5.74) is 4.11. The minimum absolute atomic E-state index is 0.173. The number of amides is 3. The molecular weight excluding hydrogens is 484 g/mol. The maximum absolute atomic E-state index is 13.2. The molecule has 2 heterocycles. The molecule has 2 atom stereocenters. The van der Waals surface area contributed by atoms with Crippen LogP contribution in [0.15, 0.2) is 46.9 Å². The summed E-state index contributed by atoms with van der Waals surface area (Å²) in [6, 6.07) is 13.4. The van der Waals surface area contributed by atoms with Crippen LogP contribution < -0.4 is 10.6 Å². The van der Waals surface area contributed by atoms with Crippen LogP contribution in [-0.2, 0) is 22.5 Å². The number of anilines is 2.